The first-order valence-corrected chi connectivity index (χ1v) is 7.09. The quantitative estimate of drug-likeness (QED) is 0.780. The molecule has 0 saturated carbocycles. The van der Waals surface area contributed by atoms with Crippen LogP contribution < -0.4 is 14.8 Å². The highest BCUT2D eigenvalue weighted by Gasteiger charge is 2.27. The molecular weight excluding hydrogens is 286 g/mol. The number of ether oxygens (including phenoxy) is 3. The first-order valence-electron chi connectivity index (χ1n) is 7.09. The molecule has 1 N–H and O–H groups in total. The van der Waals surface area contributed by atoms with Gasteiger partial charge in [-0.25, -0.2) is 4.79 Å². The molecule has 6 nitrogen and oxygen atoms in total. The van der Waals surface area contributed by atoms with Gasteiger partial charge in [-0.2, -0.15) is 0 Å². The van der Waals surface area contributed by atoms with Crippen LogP contribution in [0.1, 0.15) is 30.6 Å². The van der Waals surface area contributed by atoms with E-state index in [4.69, 9.17) is 14.2 Å². The molecule has 0 saturated heterocycles. The van der Waals surface area contributed by atoms with Crippen molar-refractivity contribution in [1.82, 2.24) is 5.32 Å². The van der Waals surface area contributed by atoms with E-state index in [1.165, 1.54) is 21.3 Å². The summed E-state index contributed by atoms with van der Waals surface area (Å²) >= 11 is 0. The standard InChI is InChI=1S/C16H23NO5/c1-6-10(2)14(16(19)22-5)17-15(18)11-7-8-12(20-3)13(9-11)21-4/h7-10,14H,6H2,1-5H3,(H,17,18). The lowest BCUT2D eigenvalue weighted by Gasteiger charge is -2.22. The Hall–Kier alpha value is -2.24. The van der Waals surface area contributed by atoms with Crippen molar-refractivity contribution in [2.75, 3.05) is 21.3 Å². The summed E-state index contributed by atoms with van der Waals surface area (Å²) in [4.78, 5) is 24.2. The van der Waals surface area contributed by atoms with Gasteiger partial charge < -0.3 is 19.5 Å². The Labute approximate surface area is 130 Å². The number of rotatable bonds is 7. The highest BCUT2D eigenvalue weighted by Crippen LogP contribution is 2.27. The molecule has 0 aliphatic rings. The van der Waals surface area contributed by atoms with Crippen molar-refractivity contribution in [3.63, 3.8) is 0 Å². The van der Waals surface area contributed by atoms with Gasteiger partial charge in [-0.1, -0.05) is 20.3 Å². The third kappa shape index (κ3) is 4.13. The Morgan fingerprint density at radius 1 is 1.14 bits per heavy atom. The Morgan fingerprint density at radius 3 is 2.27 bits per heavy atom. The molecule has 0 aliphatic heterocycles. The fraction of sp³-hybridized carbons (Fsp3) is 0.500. The van der Waals surface area contributed by atoms with E-state index < -0.39 is 12.0 Å². The Kier molecular flexibility index (Phi) is 6.69. The van der Waals surface area contributed by atoms with Crippen molar-refractivity contribution in [3.05, 3.63) is 23.8 Å². The van der Waals surface area contributed by atoms with Crippen LogP contribution in [0.4, 0.5) is 0 Å². The van der Waals surface area contributed by atoms with E-state index in [0.29, 0.717) is 17.1 Å². The van der Waals surface area contributed by atoms with Gasteiger partial charge >= 0.3 is 5.97 Å². The zero-order chi connectivity index (χ0) is 16.7. The van der Waals surface area contributed by atoms with E-state index in [0.717, 1.165) is 6.42 Å². The molecule has 2 atom stereocenters. The van der Waals surface area contributed by atoms with Gasteiger partial charge in [0.25, 0.3) is 5.91 Å². The van der Waals surface area contributed by atoms with Gasteiger partial charge in [0.1, 0.15) is 6.04 Å². The van der Waals surface area contributed by atoms with Gasteiger partial charge in [0.05, 0.1) is 21.3 Å². The molecule has 0 fully saturated rings. The van der Waals surface area contributed by atoms with E-state index in [1.54, 1.807) is 18.2 Å². The van der Waals surface area contributed by atoms with E-state index in [-0.39, 0.29) is 11.8 Å². The molecule has 1 aromatic rings. The van der Waals surface area contributed by atoms with Crippen LogP contribution in [0.5, 0.6) is 11.5 Å². The molecule has 6 heteroatoms. The summed E-state index contributed by atoms with van der Waals surface area (Å²) in [5.41, 5.74) is 0.384. The number of carbonyl (C=O) groups is 2. The Balaban J connectivity index is 2.97. The highest BCUT2D eigenvalue weighted by molar-refractivity contribution is 5.97. The summed E-state index contributed by atoms with van der Waals surface area (Å²) in [6, 6.07) is 4.14. The summed E-state index contributed by atoms with van der Waals surface area (Å²) in [6.07, 6.45) is 0.742. The minimum Gasteiger partial charge on any atom is -0.493 e. The molecule has 1 amide bonds. The van der Waals surface area contributed by atoms with Crippen molar-refractivity contribution in [3.8, 4) is 11.5 Å². The van der Waals surface area contributed by atoms with Crippen LogP contribution in [-0.4, -0.2) is 39.2 Å². The van der Waals surface area contributed by atoms with Crippen LogP contribution in [0.25, 0.3) is 0 Å². The van der Waals surface area contributed by atoms with Crippen molar-refractivity contribution in [2.24, 2.45) is 5.92 Å². The predicted molar refractivity (Wildman–Crippen MR) is 82.3 cm³/mol. The normalized spacial score (nSPS) is 13.0. The highest BCUT2D eigenvalue weighted by atomic mass is 16.5. The number of methoxy groups -OCH3 is 3. The van der Waals surface area contributed by atoms with Gasteiger partial charge in [0.15, 0.2) is 11.5 Å². The molecule has 0 aromatic heterocycles. The third-order valence-corrected chi connectivity index (χ3v) is 3.60. The predicted octanol–water partition coefficient (Wildman–Crippen LogP) is 2.02. The smallest absolute Gasteiger partial charge is 0.328 e. The van der Waals surface area contributed by atoms with Gasteiger partial charge in [0.2, 0.25) is 0 Å². The second kappa shape index (κ2) is 8.26. The average Bonchev–Trinajstić information content (AvgIpc) is 2.57. The number of amides is 1. The summed E-state index contributed by atoms with van der Waals surface area (Å²) < 4.78 is 15.1. The molecule has 1 rings (SSSR count). The number of nitrogens with one attached hydrogen (secondary N) is 1. The zero-order valence-electron chi connectivity index (χ0n) is 13.6. The summed E-state index contributed by atoms with van der Waals surface area (Å²) in [6.45, 7) is 3.83. The lowest BCUT2D eigenvalue weighted by Crippen LogP contribution is -2.45. The van der Waals surface area contributed by atoms with Crippen LogP contribution in [0.2, 0.25) is 0 Å². The lowest BCUT2D eigenvalue weighted by atomic mass is 9.99. The molecule has 1 aromatic carbocycles. The summed E-state index contributed by atoms with van der Waals surface area (Å²) in [7, 11) is 4.32. The van der Waals surface area contributed by atoms with Crippen LogP contribution in [0.3, 0.4) is 0 Å². The fourth-order valence-corrected chi connectivity index (χ4v) is 2.00. The van der Waals surface area contributed by atoms with Crippen molar-refractivity contribution in [2.45, 2.75) is 26.3 Å². The molecule has 0 bridgehead atoms. The van der Waals surface area contributed by atoms with Crippen LogP contribution in [0, 0.1) is 5.92 Å². The molecule has 0 heterocycles. The molecule has 2 unspecified atom stereocenters. The van der Waals surface area contributed by atoms with E-state index in [2.05, 4.69) is 5.32 Å². The van der Waals surface area contributed by atoms with Gasteiger partial charge in [0, 0.05) is 5.56 Å². The largest absolute Gasteiger partial charge is 0.493 e. The number of hydrogen-bond donors (Lipinski definition) is 1. The van der Waals surface area contributed by atoms with E-state index in [9.17, 15) is 9.59 Å². The molecule has 0 spiro atoms. The second-order valence-corrected chi connectivity index (χ2v) is 4.93. The first kappa shape index (κ1) is 17.8. The average molecular weight is 309 g/mol. The molecule has 22 heavy (non-hydrogen) atoms. The van der Waals surface area contributed by atoms with Crippen molar-refractivity contribution in [1.29, 1.82) is 0 Å². The lowest BCUT2D eigenvalue weighted by molar-refractivity contribution is -0.144. The van der Waals surface area contributed by atoms with Gasteiger partial charge in [-0.3, -0.25) is 4.79 Å². The number of hydrogen-bond acceptors (Lipinski definition) is 5. The first-order chi connectivity index (χ1) is 10.5. The second-order valence-electron chi connectivity index (χ2n) is 4.93. The van der Waals surface area contributed by atoms with Crippen molar-refractivity contribution < 1.29 is 23.8 Å². The monoisotopic (exact) mass is 309 g/mol. The minimum absolute atomic E-state index is 0.0310. The van der Waals surface area contributed by atoms with Crippen LogP contribution in [0.15, 0.2) is 18.2 Å². The maximum absolute atomic E-state index is 12.3. The van der Waals surface area contributed by atoms with Crippen LogP contribution >= 0.6 is 0 Å². The fourth-order valence-electron chi connectivity index (χ4n) is 2.00. The molecular formula is C16H23NO5. The molecule has 122 valence electrons. The number of carbonyl (C=O) groups excluding carboxylic acids is 2. The van der Waals surface area contributed by atoms with Crippen molar-refractivity contribution >= 4 is 11.9 Å². The van der Waals surface area contributed by atoms with Crippen LogP contribution in [-0.2, 0) is 9.53 Å². The topological polar surface area (TPSA) is 73.9 Å². The maximum atomic E-state index is 12.3. The van der Waals surface area contributed by atoms with E-state index in [1.807, 2.05) is 13.8 Å². The van der Waals surface area contributed by atoms with Gasteiger partial charge in [-0.15, -0.1) is 0 Å². The Bertz CT molecular complexity index is 529. The number of esters is 1. The molecule has 0 aliphatic carbocycles. The Morgan fingerprint density at radius 2 is 1.77 bits per heavy atom. The minimum atomic E-state index is -0.685. The zero-order valence-corrected chi connectivity index (χ0v) is 13.6. The summed E-state index contributed by atoms with van der Waals surface area (Å²) in [5.74, 6) is 0.134. The van der Waals surface area contributed by atoms with E-state index >= 15 is 0 Å². The third-order valence-electron chi connectivity index (χ3n) is 3.60. The number of benzene rings is 1. The maximum Gasteiger partial charge on any atom is 0.328 e. The van der Waals surface area contributed by atoms with Gasteiger partial charge in [-0.05, 0) is 24.1 Å². The SMILES string of the molecule is CCC(C)C(NC(=O)c1ccc(OC)c(OC)c1)C(=O)OC. The summed E-state index contributed by atoms with van der Waals surface area (Å²) in [5, 5.41) is 2.71. The molecule has 0 radical (unpaired) electrons.